The molecule has 27 heavy (non-hydrogen) atoms. The Bertz CT molecular complexity index is 1090. The van der Waals surface area contributed by atoms with E-state index >= 15 is 0 Å². The van der Waals surface area contributed by atoms with Gasteiger partial charge in [-0.2, -0.15) is 0 Å². The Balaban J connectivity index is 1.81. The standard InChI is InChI=1S/C17H15ClN4O3S2/c1-10-9-20-17(21-11-2-5-13(6-3-11)27(19,24)25)22-16(10)26-12-4-7-15(23)14(18)8-12/h2-9,23H,1H3,(H2,19,24,25)(H,20,21,22). The number of primary sulfonamides is 1. The van der Waals surface area contributed by atoms with E-state index in [0.29, 0.717) is 11.6 Å². The summed E-state index contributed by atoms with van der Waals surface area (Å²) in [5, 5.41) is 18.6. The third-order valence-electron chi connectivity index (χ3n) is 3.50. The van der Waals surface area contributed by atoms with E-state index < -0.39 is 10.0 Å². The molecule has 0 aliphatic heterocycles. The Hall–Kier alpha value is -2.33. The maximum absolute atomic E-state index is 11.3. The molecule has 0 aliphatic rings. The lowest BCUT2D eigenvalue weighted by Crippen LogP contribution is -2.11. The molecular weight excluding hydrogens is 408 g/mol. The molecule has 3 aromatic rings. The Morgan fingerprint density at radius 3 is 2.52 bits per heavy atom. The second-order valence-electron chi connectivity index (χ2n) is 5.59. The van der Waals surface area contributed by atoms with E-state index in [2.05, 4.69) is 15.3 Å². The molecule has 10 heteroatoms. The average Bonchev–Trinajstić information content (AvgIpc) is 2.61. The van der Waals surface area contributed by atoms with E-state index in [9.17, 15) is 13.5 Å². The highest BCUT2D eigenvalue weighted by molar-refractivity contribution is 7.99. The molecule has 7 nitrogen and oxygen atoms in total. The van der Waals surface area contributed by atoms with Crippen molar-refractivity contribution in [3.05, 3.63) is 59.2 Å². The van der Waals surface area contributed by atoms with Crippen molar-refractivity contribution >= 4 is 45.0 Å². The van der Waals surface area contributed by atoms with Crippen LogP contribution in [0, 0.1) is 6.92 Å². The molecule has 0 aliphatic carbocycles. The van der Waals surface area contributed by atoms with Gasteiger partial charge in [0.2, 0.25) is 16.0 Å². The van der Waals surface area contributed by atoms with Crippen LogP contribution in [0.25, 0.3) is 0 Å². The van der Waals surface area contributed by atoms with Crippen LogP contribution in [-0.4, -0.2) is 23.5 Å². The summed E-state index contributed by atoms with van der Waals surface area (Å²) in [7, 11) is -3.74. The lowest BCUT2D eigenvalue weighted by molar-refractivity contribution is 0.475. The number of nitrogens with two attached hydrogens (primary N) is 1. The lowest BCUT2D eigenvalue weighted by Gasteiger charge is -2.09. The molecule has 0 atom stereocenters. The van der Waals surface area contributed by atoms with E-state index in [1.165, 1.54) is 30.0 Å². The van der Waals surface area contributed by atoms with Crippen molar-refractivity contribution in [3.63, 3.8) is 0 Å². The van der Waals surface area contributed by atoms with Gasteiger partial charge in [0, 0.05) is 22.3 Å². The number of rotatable bonds is 5. The predicted octanol–water partition coefficient (Wildman–Crippen LogP) is 3.69. The SMILES string of the molecule is Cc1cnc(Nc2ccc(S(N)(=O)=O)cc2)nc1Sc1ccc(O)c(Cl)c1. The number of hydrogen-bond donors (Lipinski definition) is 3. The van der Waals surface area contributed by atoms with Crippen molar-refractivity contribution in [1.29, 1.82) is 0 Å². The summed E-state index contributed by atoms with van der Waals surface area (Å²) in [5.41, 5.74) is 1.49. The van der Waals surface area contributed by atoms with Gasteiger partial charge in [0.25, 0.3) is 0 Å². The number of aryl methyl sites for hydroxylation is 1. The van der Waals surface area contributed by atoms with Crippen LogP contribution >= 0.6 is 23.4 Å². The van der Waals surface area contributed by atoms with E-state index in [1.54, 1.807) is 30.5 Å². The molecule has 3 rings (SSSR count). The van der Waals surface area contributed by atoms with Crippen LogP contribution in [0.2, 0.25) is 5.02 Å². The summed E-state index contributed by atoms with van der Waals surface area (Å²) < 4.78 is 22.6. The summed E-state index contributed by atoms with van der Waals surface area (Å²) in [6.07, 6.45) is 1.68. The Morgan fingerprint density at radius 1 is 1.19 bits per heavy atom. The van der Waals surface area contributed by atoms with Crippen LogP contribution in [0.4, 0.5) is 11.6 Å². The first-order chi connectivity index (χ1) is 12.7. The molecule has 0 spiro atoms. The van der Waals surface area contributed by atoms with Gasteiger partial charge < -0.3 is 10.4 Å². The number of halogens is 1. The highest BCUT2D eigenvalue weighted by Crippen LogP contribution is 2.34. The van der Waals surface area contributed by atoms with Gasteiger partial charge in [-0.1, -0.05) is 23.4 Å². The quantitative estimate of drug-likeness (QED) is 0.536. The highest BCUT2D eigenvalue weighted by atomic mass is 35.5. The van der Waals surface area contributed by atoms with Crippen molar-refractivity contribution in [1.82, 2.24) is 9.97 Å². The number of benzene rings is 2. The number of nitrogens with one attached hydrogen (secondary N) is 1. The number of phenolic OH excluding ortho intramolecular Hbond substituents is 1. The van der Waals surface area contributed by atoms with E-state index in [4.69, 9.17) is 16.7 Å². The second kappa shape index (κ2) is 7.73. The zero-order chi connectivity index (χ0) is 19.6. The minimum atomic E-state index is -3.74. The number of anilines is 2. The normalized spacial score (nSPS) is 11.4. The molecule has 0 unspecified atom stereocenters. The fraction of sp³-hybridized carbons (Fsp3) is 0.0588. The highest BCUT2D eigenvalue weighted by Gasteiger charge is 2.10. The molecule has 0 fully saturated rings. The summed E-state index contributed by atoms with van der Waals surface area (Å²) >= 11 is 7.33. The molecule has 0 bridgehead atoms. The largest absolute Gasteiger partial charge is 0.506 e. The van der Waals surface area contributed by atoms with Gasteiger partial charge in [-0.3, -0.25) is 0 Å². The molecule has 140 valence electrons. The van der Waals surface area contributed by atoms with Crippen molar-refractivity contribution in [3.8, 4) is 5.75 Å². The number of aromatic nitrogens is 2. The van der Waals surface area contributed by atoms with Gasteiger partial charge in [0.15, 0.2) is 0 Å². The van der Waals surface area contributed by atoms with Crippen molar-refractivity contribution in [2.45, 2.75) is 21.7 Å². The van der Waals surface area contributed by atoms with E-state index in [-0.39, 0.29) is 15.7 Å². The van der Waals surface area contributed by atoms with Crippen molar-refractivity contribution in [2.75, 3.05) is 5.32 Å². The monoisotopic (exact) mass is 422 g/mol. The van der Waals surface area contributed by atoms with Crippen LogP contribution in [0.5, 0.6) is 5.75 Å². The Kier molecular flexibility index (Phi) is 5.56. The van der Waals surface area contributed by atoms with Crippen LogP contribution in [-0.2, 0) is 10.0 Å². The Morgan fingerprint density at radius 2 is 1.89 bits per heavy atom. The first-order valence-electron chi connectivity index (χ1n) is 7.62. The maximum atomic E-state index is 11.3. The fourth-order valence-electron chi connectivity index (χ4n) is 2.11. The van der Waals surface area contributed by atoms with Gasteiger partial charge in [0.1, 0.15) is 10.8 Å². The predicted molar refractivity (Wildman–Crippen MR) is 105 cm³/mol. The van der Waals surface area contributed by atoms with Crippen LogP contribution in [0.15, 0.2) is 63.5 Å². The molecule has 4 N–H and O–H groups in total. The number of hydrogen-bond acceptors (Lipinski definition) is 7. The number of sulfonamides is 1. The summed E-state index contributed by atoms with van der Waals surface area (Å²) in [4.78, 5) is 9.56. The minimum Gasteiger partial charge on any atom is -0.506 e. The number of nitrogens with zero attached hydrogens (tertiary/aromatic N) is 2. The lowest BCUT2D eigenvalue weighted by atomic mass is 10.3. The van der Waals surface area contributed by atoms with Gasteiger partial charge in [-0.05, 0) is 49.4 Å². The van der Waals surface area contributed by atoms with Gasteiger partial charge in [0.05, 0.1) is 9.92 Å². The van der Waals surface area contributed by atoms with Crippen LogP contribution in [0.1, 0.15) is 5.56 Å². The topological polar surface area (TPSA) is 118 Å². The van der Waals surface area contributed by atoms with Crippen LogP contribution < -0.4 is 10.5 Å². The van der Waals surface area contributed by atoms with Gasteiger partial charge in [-0.25, -0.2) is 23.5 Å². The fourth-order valence-corrected chi connectivity index (χ4v) is 3.75. The van der Waals surface area contributed by atoms with Gasteiger partial charge in [-0.15, -0.1) is 0 Å². The molecule has 0 radical (unpaired) electrons. The molecule has 0 saturated heterocycles. The molecular formula is C17H15ClN4O3S2. The molecule has 1 aromatic heterocycles. The zero-order valence-corrected chi connectivity index (χ0v) is 16.4. The molecule has 0 amide bonds. The maximum Gasteiger partial charge on any atom is 0.238 e. The van der Waals surface area contributed by atoms with Crippen molar-refractivity contribution in [2.24, 2.45) is 5.14 Å². The number of aromatic hydroxyl groups is 1. The third kappa shape index (κ3) is 4.89. The van der Waals surface area contributed by atoms with Gasteiger partial charge >= 0.3 is 0 Å². The smallest absolute Gasteiger partial charge is 0.238 e. The average molecular weight is 423 g/mol. The molecule has 1 heterocycles. The number of phenols is 1. The Labute approximate surface area is 165 Å². The van der Waals surface area contributed by atoms with E-state index in [0.717, 1.165) is 15.5 Å². The van der Waals surface area contributed by atoms with Crippen molar-refractivity contribution < 1.29 is 13.5 Å². The summed E-state index contributed by atoms with van der Waals surface area (Å²) in [6, 6.07) is 10.9. The summed E-state index contributed by atoms with van der Waals surface area (Å²) in [6.45, 7) is 1.88. The van der Waals surface area contributed by atoms with E-state index in [1.807, 2.05) is 6.92 Å². The molecule has 0 saturated carbocycles. The van der Waals surface area contributed by atoms with Crippen LogP contribution in [0.3, 0.4) is 0 Å². The first kappa shape index (κ1) is 19.4. The second-order valence-corrected chi connectivity index (χ2v) is 8.62. The minimum absolute atomic E-state index is 0.0192. The third-order valence-corrected chi connectivity index (χ3v) is 5.83. The summed E-state index contributed by atoms with van der Waals surface area (Å²) in [5.74, 6) is 0.377. The molecule has 2 aromatic carbocycles. The zero-order valence-electron chi connectivity index (χ0n) is 14.0. The first-order valence-corrected chi connectivity index (χ1v) is 10.4.